The molecule has 3 amide bonds. The average Bonchev–Trinajstić information content (AvgIpc) is 3.00. The molecule has 1 heterocycles. The predicted octanol–water partition coefficient (Wildman–Crippen LogP) is 1.01. The van der Waals surface area contributed by atoms with E-state index < -0.39 is 6.03 Å². The summed E-state index contributed by atoms with van der Waals surface area (Å²) in [7, 11) is 1.88. The van der Waals surface area contributed by atoms with Crippen molar-refractivity contribution in [3.05, 3.63) is 35.8 Å². The lowest BCUT2D eigenvalue weighted by Gasteiger charge is -2.14. The number of rotatable bonds is 7. The first kappa shape index (κ1) is 17.3. The Hall–Kier alpha value is -2.08. The lowest BCUT2D eigenvalue weighted by atomic mass is 9.97. The molecule has 6 nitrogen and oxygen atoms in total. The second-order valence-electron chi connectivity index (χ2n) is 6.05. The van der Waals surface area contributed by atoms with Gasteiger partial charge in [-0.2, -0.15) is 0 Å². The van der Waals surface area contributed by atoms with Crippen LogP contribution in [0.1, 0.15) is 37.9 Å². The third-order valence-corrected chi connectivity index (χ3v) is 3.89. The Labute approximate surface area is 136 Å². The fourth-order valence-electron chi connectivity index (χ4n) is 2.73. The molecule has 0 saturated heterocycles. The highest BCUT2D eigenvalue weighted by Crippen LogP contribution is 2.19. The Morgan fingerprint density at radius 1 is 1.35 bits per heavy atom. The summed E-state index contributed by atoms with van der Waals surface area (Å²) in [5.74, 6) is 0.531. The van der Waals surface area contributed by atoms with E-state index in [1.54, 1.807) is 6.26 Å². The molecule has 1 unspecified atom stereocenters. The number of carbonyl (C=O) groups is 2. The van der Waals surface area contributed by atoms with Crippen molar-refractivity contribution in [2.75, 3.05) is 20.1 Å². The van der Waals surface area contributed by atoms with Crippen molar-refractivity contribution in [1.82, 2.24) is 10.6 Å². The molecule has 0 aliphatic heterocycles. The highest BCUT2D eigenvalue weighted by atomic mass is 16.3. The number of quaternary nitrogens is 1. The standard InChI is InChI=1S/C17H25N3O3/c1-20(12-15-8-5-11-23-15)13-16(21)19-17(22)18-10-9-14-6-3-2-4-7-14/h5-6,8,11H,2-4,7,9-10,12-13H2,1H3,(H2,18,19,21,22)/p+1. The SMILES string of the molecule is C[NH+](CC(=O)NC(=O)NCCC1=CCCCC1)Cc1ccco1. The lowest BCUT2D eigenvalue weighted by molar-refractivity contribution is -0.886. The Kier molecular flexibility index (Phi) is 6.87. The van der Waals surface area contributed by atoms with Crippen LogP contribution in [0.2, 0.25) is 0 Å². The first-order valence-electron chi connectivity index (χ1n) is 8.23. The predicted molar refractivity (Wildman–Crippen MR) is 86.9 cm³/mol. The zero-order valence-electron chi connectivity index (χ0n) is 13.7. The van der Waals surface area contributed by atoms with Gasteiger partial charge in [0.2, 0.25) is 0 Å². The molecule has 0 bridgehead atoms. The second-order valence-corrected chi connectivity index (χ2v) is 6.05. The molecule has 3 N–H and O–H groups in total. The number of carbonyl (C=O) groups excluding carboxylic acids is 2. The van der Waals surface area contributed by atoms with Gasteiger partial charge in [0, 0.05) is 6.54 Å². The summed E-state index contributed by atoms with van der Waals surface area (Å²) in [4.78, 5) is 24.5. The van der Waals surface area contributed by atoms with Crippen molar-refractivity contribution in [1.29, 1.82) is 0 Å². The molecule has 23 heavy (non-hydrogen) atoms. The molecule has 1 aliphatic rings. The molecule has 126 valence electrons. The van der Waals surface area contributed by atoms with Crippen LogP contribution < -0.4 is 15.5 Å². The van der Waals surface area contributed by atoms with Crippen molar-refractivity contribution < 1.29 is 18.9 Å². The van der Waals surface area contributed by atoms with Crippen LogP contribution in [0, 0.1) is 0 Å². The van der Waals surface area contributed by atoms with Crippen LogP contribution >= 0.6 is 0 Å². The van der Waals surface area contributed by atoms with E-state index in [9.17, 15) is 9.59 Å². The molecule has 0 radical (unpaired) electrons. The topological polar surface area (TPSA) is 75.8 Å². The molecule has 0 spiro atoms. The summed E-state index contributed by atoms with van der Waals surface area (Å²) < 4.78 is 5.24. The van der Waals surface area contributed by atoms with Gasteiger partial charge in [0.15, 0.2) is 12.3 Å². The molecule has 1 atom stereocenters. The molecule has 0 aromatic carbocycles. The largest absolute Gasteiger partial charge is 0.463 e. The van der Waals surface area contributed by atoms with Crippen LogP contribution in [0.15, 0.2) is 34.5 Å². The number of urea groups is 1. The molecule has 1 aliphatic carbocycles. The van der Waals surface area contributed by atoms with Crippen LogP contribution in [0.5, 0.6) is 0 Å². The summed E-state index contributed by atoms with van der Waals surface area (Å²) in [5, 5.41) is 5.11. The molecular formula is C17H26N3O3+. The Bertz CT molecular complexity index is 537. The maximum Gasteiger partial charge on any atom is 0.321 e. The van der Waals surface area contributed by atoms with Gasteiger partial charge in [-0.05, 0) is 44.2 Å². The van der Waals surface area contributed by atoms with E-state index in [0.717, 1.165) is 29.9 Å². The van der Waals surface area contributed by atoms with Gasteiger partial charge in [0.25, 0.3) is 5.91 Å². The molecule has 1 aromatic rings. The average molecular weight is 320 g/mol. The van der Waals surface area contributed by atoms with E-state index in [4.69, 9.17) is 4.42 Å². The molecule has 0 saturated carbocycles. The van der Waals surface area contributed by atoms with Crippen LogP contribution in [-0.2, 0) is 11.3 Å². The van der Waals surface area contributed by atoms with E-state index >= 15 is 0 Å². The normalized spacial score (nSPS) is 15.6. The summed E-state index contributed by atoms with van der Waals surface area (Å²) in [6.07, 6.45) is 9.51. The third kappa shape index (κ3) is 6.69. The number of furan rings is 1. The molecule has 0 fully saturated rings. The minimum atomic E-state index is -0.419. The number of allylic oxidation sites excluding steroid dienone is 1. The first-order chi connectivity index (χ1) is 11.1. The van der Waals surface area contributed by atoms with Gasteiger partial charge >= 0.3 is 6.03 Å². The van der Waals surface area contributed by atoms with Crippen LogP contribution in [0.3, 0.4) is 0 Å². The second kappa shape index (κ2) is 9.15. The number of amides is 3. The lowest BCUT2D eigenvalue weighted by Crippen LogP contribution is -3.09. The summed E-state index contributed by atoms with van der Waals surface area (Å²) in [5.41, 5.74) is 1.41. The minimum absolute atomic E-state index is 0.222. The van der Waals surface area contributed by atoms with Crippen molar-refractivity contribution in [2.24, 2.45) is 0 Å². The quantitative estimate of drug-likeness (QED) is 0.656. The summed E-state index contributed by atoms with van der Waals surface area (Å²) >= 11 is 0. The van der Waals surface area contributed by atoms with Crippen molar-refractivity contribution in [2.45, 2.75) is 38.6 Å². The van der Waals surface area contributed by atoms with Gasteiger partial charge in [0.1, 0.15) is 6.54 Å². The fourth-order valence-corrected chi connectivity index (χ4v) is 2.73. The van der Waals surface area contributed by atoms with Gasteiger partial charge in [0.05, 0.1) is 13.3 Å². The van der Waals surface area contributed by atoms with Crippen molar-refractivity contribution >= 4 is 11.9 Å². The zero-order valence-corrected chi connectivity index (χ0v) is 13.7. The molecular weight excluding hydrogens is 294 g/mol. The number of nitrogens with one attached hydrogen (secondary N) is 3. The number of likely N-dealkylation sites (N-methyl/N-ethyl adjacent to an activating group) is 1. The van der Waals surface area contributed by atoms with Gasteiger partial charge in [-0.15, -0.1) is 0 Å². The van der Waals surface area contributed by atoms with Crippen LogP contribution in [-0.4, -0.2) is 32.1 Å². The van der Waals surface area contributed by atoms with Gasteiger partial charge < -0.3 is 14.6 Å². The minimum Gasteiger partial charge on any atom is -0.463 e. The monoisotopic (exact) mass is 320 g/mol. The fraction of sp³-hybridized carbons (Fsp3) is 0.529. The van der Waals surface area contributed by atoms with E-state index in [2.05, 4.69) is 16.7 Å². The van der Waals surface area contributed by atoms with Gasteiger partial charge in [-0.1, -0.05) is 11.6 Å². The Morgan fingerprint density at radius 3 is 2.91 bits per heavy atom. The first-order valence-corrected chi connectivity index (χ1v) is 8.23. The van der Waals surface area contributed by atoms with Gasteiger partial charge in [-0.3, -0.25) is 10.1 Å². The third-order valence-electron chi connectivity index (χ3n) is 3.89. The maximum absolute atomic E-state index is 11.8. The van der Waals surface area contributed by atoms with Crippen molar-refractivity contribution in [3.63, 3.8) is 0 Å². The maximum atomic E-state index is 11.8. The zero-order chi connectivity index (χ0) is 16.5. The van der Waals surface area contributed by atoms with Crippen LogP contribution in [0.25, 0.3) is 0 Å². The summed E-state index contributed by atoms with van der Waals surface area (Å²) in [6.45, 7) is 1.40. The summed E-state index contributed by atoms with van der Waals surface area (Å²) in [6, 6.07) is 3.27. The van der Waals surface area contributed by atoms with E-state index in [0.29, 0.717) is 13.1 Å². The Balaban J connectivity index is 1.60. The smallest absolute Gasteiger partial charge is 0.321 e. The van der Waals surface area contributed by atoms with E-state index in [-0.39, 0.29) is 12.5 Å². The molecule has 6 heteroatoms. The van der Waals surface area contributed by atoms with Crippen molar-refractivity contribution in [3.8, 4) is 0 Å². The Morgan fingerprint density at radius 2 is 2.22 bits per heavy atom. The van der Waals surface area contributed by atoms with Gasteiger partial charge in [-0.25, -0.2) is 4.79 Å². The molecule has 2 rings (SSSR count). The molecule has 1 aromatic heterocycles. The highest BCUT2D eigenvalue weighted by Gasteiger charge is 2.14. The number of imide groups is 1. The number of hydrogen-bond acceptors (Lipinski definition) is 3. The highest BCUT2D eigenvalue weighted by molar-refractivity contribution is 5.94. The number of hydrogen-bond donors (Lipinski definition) is 3. The van der Waals surface area contributed by atoms with E-state index in [1.165, 1.54) is 18.4 Å². The van der Waals surface area contributed by atoms with E-state index in [1.807, 2.05) is 19.2 Å². The van der Waals surface area contributed by atoms with Crippen LogP contribution in [0.4, 0.5) is 4.79 Å².